The Labute approximate surface area is 184 Å². The van der Waals surface area contributed by atoms with Crippen LogP contribution in [0.5, 0.6) is 5.88 Å². The van der Waals surface area contributed by atoms with Crippen LogP contribution < -0.4 is 9.64 Å². The van der Waals surface area contributed by atoms with Crippen LogP contribution in [0.1, 0.15) is 32.6 Å². The fourth-order valence-electron chi connectivity index (χ4n) is 3.93. The van der Waals surface area contributed by atoms with Crippen LogP contribution in [-0.4, -0.2) is 33.2 Å². The van der Waals surface area contributed by atoms with Gasteiger partial charge < -0.3 is 4.74 Å². The van der Waals surface area contributed by atoms with Crippen molar-refractivity contribution in [1.29, 1.82) is 0 Å². The Balaban J connectivity index is 1.63. The quantitative estimate of drug-likeness (QED) is 0.601. The molecule has 1 aliphatic carbocycles. The molecule has 164 valence electrons. The van der Waals surface area contributed by atoms with Gasteiger partial charge in [-0.25, -0.2) is 19.0 Å². The van der Waals surface area contributed by atoms with Crippen molar-refractivity contribution in [1.82, 2.24) is 14.8 Å². The summed E-state index contributed by atoms with van der Waals surface area (Å²) in [4.78, 5) is 31.0. The molecule has 1 fully saturated rings. The van der Waals surface area contributed by atoms with Gasteiger partial charge in [0.15, 0.2) is 0 Å². The molecule has 1 aliphatic heterocycles. The molecule has 0 unspecified atom stereocenters. The van der Waals surface area contributed by atoms with E-state index in [1.54, 1.807) is 31.3 Å². The second kappa shape index (κ2) is 8.18. The molecule has 0 bridgehead atoms. The van der Waals surface area contributed by atoms with Gasteiger partial charge in [0, 0.05) is 37.1 Å². The number of aryl methyl sites for hydroxylation is 1. The van der Waals surface area contributed by atoms with Crippen LogP contribution in [-0.2, 0) is 16.1 Å². The number of hydrogen-bond acceptors (Lipinski definition) is 5. The van der Waals surface area contributed by atoms with Gasteiger partial charge >= 0.3 is 0 Å². The fourth-order valence-corrected chi connectivity index (χ4v) is 3.93. The molecule has 2 aliphatic rings. The third-order valence-electron chi connectivity index (χ3n) is 5.74. The van der Waals surface area contributed by atoms with Crippen LogP contribution in [0, 0.1) is 11.7 Å². The van der Waals surface area contributed by atoms with Gasteiger partial charge in [-0.15, -0.1) is 0 Å². The Morgan fingerprint density at radius 1 is 1.19 bits per heavy atom. The molecule has 2 aromatic heterocycles. The molecular formula is C24H23FN4O3. The zero-order valence-corrected chi connectivity index (χ0v) is 17.8. The van der Waals surface area contributed by atoms with E-state index in [0.29, 0.717) is 30.5 Å². The number of aromatic nitrogens is 3. The largest absolute Gasteiger partial charge is 0.477 e. The van der Waals surface area contributed by atoms with E-state index in [1.165, 1.54) is 17.0 Å². The summed E-state index contributed by atoms with van der Waals surface area (Å²) in [5.74, 6) is 0.000755. The van der Waals surface area contributed by atoms with Crippen molar-refractivity contribution in [3.8, 4) is 28.3 Å². The third-order valence-corrected chi connectivity index (χ3v) is 5.74. The minimum absolute atomic E-state index is 0.113. The summed E-state index contributed by atoms with van der Waals surface area (Å²) in [6.45, 7) is 3.01. The molecule has 7 nitrogen and oxygen atoms in total. The number of nitrogens with zero attached hydrogens (tertiary/aromatic N) is 4. The molecule has 3 aromatic rings. The third kappa shape index (κ3) is 3.66. The van der Waals surface area contributed by atoms with E-state index >= 15 is 0 Å². The lowest BCUT2D eigenvalue weighted by Crippen LogP contribution is -2.38. The summed E-state index contributed by atoms with van der Waals surface area (Å²) < 4.78 is 21.3. The zero-order chi connectivity index (χ0) is 22.2. The number of rotatable bonds is 5. The second-order valence-electron chi connectivity index (χ2n) is 8.06. The lowest BCUT2D eigenvalue weighted by atomic mass is 10.0. The molecule has 0 N–H and O–H groups in total. The van der Waals surface area contributed by atoms with Crippen LogP contribution in [0.2, 0.25) is 0 Å². The molecule has 1 aromatic carbocycles. The Morgan fingerprint density at radius 3 is 2.69 bits per heavy atom. The first kappa shape index (κ1) is 20.4. The predicted octanol–water partition coefficient (Wildman–Crippen LogP) is 4.21. The van der Waals surface area contributed by atoms with E-state index in [-0.39, 0.29) is 30.0 Å². The van der Waals surface area contributed by atoms with E-state index in [0.717, 1.165) is 36.0 Å². The highest BCUT2D eigenvalue weighted by molar-refractivity contribution is 6.15. The zero-order valence-electron chi connectivity index (χ0n) is 17.8. The molecule has 3 heterocycles. The number of fused-ring (bicyclic) bond motifs is 1. The summed E-state index contributed by atoms with van der Waals surface area (Å²) in [6.07, 6.45) is 4.23. The number of carbonyl (C=O) groups excluding carboxylic acids is 2. The first-order chi connectivity index (χ1) is 15.6. The lowest BCUT2D eigenvalue weighted by Gasteiger charge is -2.20. The van der Waals surface area contributed by atoms with Crippen molar-refractivity contribution in [2.24, 2.45) is 5.92 Å². The van der Waals surface area contributed by atoms with E-state index in [1.807, 2.05) is 10.7 Å². The number of anilines is 1. The number of benzene rings is 1. The van der Waals surface area contributed by atoms with Crippen LogP contribution in [0.4, 0.5) is 10.2 Å². The van der Waals surface area contributed by atoms with Gasteiger partial charge in [0.25, 0.3) is 0 Å². The molecule has 0 saturated heterocycles. The number of halogens is 1. The highest BCUT2D eigenvalue weighted by Crippen LogP contribution is 2.41. The van der Waals surface area contributed by atoms with Gasteiger partial charge in [-0.3, -0.25) is 9.59 Å². The maximum absolute atomic E-state index is 13.5. The molecule has 2 amide bonds. The Hall–Kier alpha value is -3.55. The van der Waals surface area contributed by atoms with Crippen LogP contribution >= 0.6 is 0 Å². The average molecular weight is 434 g/mol. The Kier molecular flexibility index (Phi) is 5.20. The minimum atomic E-state index is -0.325. The highest BCUT2D eigenvalue weighted by Gasteiger charge is 2.37. The fraction of sp³-hybridized carbons (Fsp3) is 0.333. The molecule has 1 saturated carbocycles. The number of hydrogen-bond donors (Lipinski definition) is 0. The van der Waals surface area contributed by atoms with Crippen LogP contribution in [0.3, 0.4) is 0 Å². The van der Waals surface area contributed by atoms with Gasteiger partial charge in [0.05, 0.1) is 12.2 Å². The second-order valence-corrected chi connectivity index (χ2v) is 8.06. The topological polar surface area (TPSA) is 77.3 Å². The summed E-state index contributed by atoms with van der Waals surface area (Å²) in [5, 5.41) is 4.73. The summed E-state index contributed by atoms with van der Waals surface area (Å²) in [6, 6.07) is 9.69. The molecule has 8 heteroatoms. The maximum atomic E-state index is 13.5. The van der Waals surface area contributed by atoms with Crippen molar-refractivity contribution in [3.05, 3.63) is 48.4 Å². The SMILES string of the molecule is CCC(=O)N(C(=O)C1CC1)c1cc(-c2c(-c3ccc(F)cc3)nn3c2OCCC3)ccn1. The Morgan fingerprint density at radius 2 is 1.97 bits per heavy atom. The standard InChI is InChI=1S/C24H23FN4O3/c1-2-20(30)29(23(31)16-4-5-16)19-14-17(10-11-26-19)21-22(15-6-8-18(25)9-7-15)27-28-12-3-13-32-24(21)28/h6-11,14,16H,2-5,12-13H2,1H3. The van der Waals surface area contributed by atoms with Crippen molar-refractivity contribution < 1.29 is 18.7 Å². The molecular weight excluding hydrogens is 411 g/mol. The summed E-state index contributed by atoms with van der Waals surface area (Å²) in [7, 11) is 0. The minimum Gasteiger partial charge on any atom is -0.477 e. The van der Waals surface area contributed by atoms with Crippen molar-refractivity contribution in [3.63, 3.8) is 0 Å². The highest BCUT2D eigenvalue weighted by atomic mass is 19.1. The summed E-state index contributed by atoms with van der Waals surface area (Å²) in [5.41, 5.74) is 2.87. The first-order valence-corrected chi connectivity index (χ1v) is 10.9. The normalized spacial score (nSPS) is 15.1. The van der Waals surface area contributed by atoms with Crippen molar-refractivity contribution >= 4 is 17.6 Å². The number of pyridine rings is 1. The van der Waals surface area contributed by atoms with Gasteiger partial charge in [-0.2, -0.15) is 5.10 Å². The van der Waals surface area contributed by atoms with Crippen molar-refractivity contribution in [2.45, 2.75) is 39.2 Å². The predicted molar refractivity (Wildman–Crippen MR) is 116 cm³/mol. The van der Waals surface area contributed by atoms with Gasteiger partial charge in [0.2, 0.25) is 17.7 Å². The molecule has 5 rings (SSSR count). The van der Waals surface area contributed by atoms with E-state index in [9.17, 15) is 14.0 Å². The van der Waals surface area contributed by atoms with Crippen molar-refractivity contribution in [2.75, 3.05) is 11.5 Å². The van der Waals surface area contributed by atoms with Crippen LogP contribution in [0.25, 0.3) is 22.4 Å². The molecule has 0 spiro atoms. The van der Waals surface area contributed by atoms with Gasteiger partial charge in [0.1, 0.15) is 17.3 Å². The average Bonchev–Trinajstić information content (AvgIpc) is 3.60. The molecule has 32 heavy (non-hydrogen) atoms. The number of carbonyl (C=O) groups is 2. The molecule has 0 atom stereocenters. The van der Waals surface area contributed by atoms with Gasteiger partial charge in [-0.1, -0.05) is 6.92 Å². The lowest BCUT2D eigenvalue weighted by molar-refractivity contribution is -0.127. The van der Waals surface area contributed by atoms with Gasteiger partial charge in [-0.05, 0) is 54.8 Å². The van der Waals surface area contributed by atoms with Crippen LogP contribution in [0.15, 0.2) is 42.6 Å². The Bertz CT molecular complexity index is 1180. The number of imide groups is 1. The van der Waals surface area contributed by atoms with E-state index in [4.69, 9.17) is 9.84 Å². The molecule has 0 radical (unpaired) electrons. The van der Waals surface area contributed by atoms with E-state index in [2.05, 4.69) is 4.98 Å². The number of amides is 2. The monoisotopic (exact) mass is 434 g/mol. The van der Waals surface area contributed by atoms with E-state index < -0.39 is 0 Å². The first-order valence-electron chi connectivity index (χ1n) is 10.9. The number of ether oxygens (including phenoxy) is 1. The maximum Gasteiger partial charge on any atom is 0.238 e. The smallest absolute Gasteiger partial charge is 0.238 e. The summed E-state index contributed by atoms with van der Waals surface area (Å²) >= 11 is 0.